The Hall–Kier alpha value is -4.30. The Bertz CT molecular complexity index is 1330. The van der Waals surface area contributed by atoms with Crippen molar-refractivity contribution in [1.82, 2.24) is 0 Å². The zero-order valence-electron chi connectivity index (χ0n) is 18.0. The molecule has 1 heterocycles. The van der Waals surface area contributed by atoms with Crippen LogP contribution in [0.15, 0.2) is 83.3 Å². The number of nitro groups is 1. The number of nitrogens with zero attached hydrogens (tertiary/aromatic N) is 1. The van der Waals surface area contributed by atoms with Gasteiger partial charge in [-0.05, 0) is 49.4 Å². The number of anilines is 1. The van der Waals surface area contributed by atoms with Crippen LogP contribution in [0.4, 0.5) is 11.4 Å². The van der Waals surface area contributed by atoms with Crippen LogP contribution in [-0.4, -0.2) is 10.8 Å². The van der Waals surface area contributed by atoms with Crippen molar-refractivity contribution in [2.24, 2.45) is 0 Å². The molecule has 9 heteroatoms. The summed E-state index contributed by atoms with van der Waals surface area (Å²) in [5.41, 5.74) is 1.01. The summed E-state index contributed by atoms with van der Waals surface area (Å²) in [7, 11) is 0. The first-order valence-corrected chi connectivity index (χ1v) is 10.6. The molecular formula is C25H19ClN2O6. The Kier molecular flexibility index (Phi) is 6.79. The maximum absolute atomic E-state index is 12.7. The maximum Gasteiger partial charge on any atom is 0.291 e. The fraction of sp³-hybridized carbons (Fsp3) is 0.0800. The summed E-state index contributed by atoms with van der Waals surface area (Å²) >= 11 is 5.94. The minimum atomic E-state index is -0.573. The molecule has 0 aliphatic rings. The molecule has 0 bridgehead atoms. The number of non-ortho nitro benzene ring substituents is 1. The van der Waals surface area contributed by atoms with Crippen molar-refractivity contribution in [3.8, 4) is 17.2 Å². The normalized spacial score (nSPS) is 10.5. The van der Waals surface area contributed by atoms with Gasteiger partial charge in [0.05, 0.1) is 16.7 Å². The van der Waals surface area contributed by atoms with Gasteiger partial charge in [-0.15, -0.1) is 0 Å². The molecule has 4 rings (SSSR count). The number of benzene rings is 3. The summed E-state index contributed by atoms with van der Waals surface area (Å²) in [6.45, 7) is 2.03. The lowest BCUT2D eigenvalue weighted by Gasteiger charge is -2.09. The number of aryl methyl sites for hydroxylation is 1. The molecule has 8 nitrogen and oxygen atoms in total. The third-order valence-electron chi connectivity index (χ3n) is 4.68. The fourth-order valence-corrected chi connectivity index (χ4v) is 3.22. The average Bonchev–Trinajstić information content (AvgIpc) is 3.28. The molecule has 0 atom stereocenters. The molecule has 0 saturated carbocycles. The van der Waals surface area contributed by atoms with Crippen molar-refractivity contribution in [2.45, 2.75) is 13.5 Å². The maximum atomic E-state index is 12.7. The van der Waals surface area contributed by atoms with E-state index in [2.05, 4.69) is 5.32 Å². The third-order valence-corrected chi connectivity index (χ3v) is 4.91. The highest BCUT2D eigenvalue weighted by atomic mass is 35.5. The van der Waals surface area contributed by atoms with E-state index >= 15 is 0 Å². The summed E-state index contributed by atoms with van der Waals surface area (Å²) in [6.07, 6.45) is 0. The quantitative estimate of drug-likeness (QED) is 0.221. The predicted molar refractivity (Wildman–Crippen MR) is 127 cm³/mol. The minimum absolute atomic E-state index is 0.0252. The second kappa shape index (κ2) is 10.1. The van der Waals surface area contributed by atoms with Crippen LogP contribution in [0.3, 0.4) is 0 Å². The monoisotopic (exact) mass is 478 g/mol. The molecule has 0 saturated heterocycles. The first kappa shape index (κ1) is 22.9. The van der Waals surface area contributed by atoms with E-state index in [1.807, 2.05) is 19.1 Å². The molecule has 0 spiro atoms. The second-order valence-corrected chi connectivity index (χ2v) is 7.79. The van der Waals surface area contributed by atoms with Gasteiger partial charge in [-0.25, -0.2) is 0 Å². The molecule has 1 aromatic heterocycles. The lowest BCUT2D eigenvalue weighted by molar-refractivity contribution is -0.384. The van der Waals surface area contributed by atoms with Crippen molar-refractivity contribution in [1.29, 1.82) is 0 Å². The van der Waals surface area contributed by atoms with Gasteiger partial charge in [-0.3, -0.25) is 14.9 Å². The van der Waals surface area contributed by atoms with Gasteiger partial charge in [-0.1, -0.05) is 35.4 Å². The molecule has 3 aromatic carbocycles. The highest BCUT2D eigenvalue weighted by Gasteiger charge is 2.16. The number of hydrogen-bond acceptors (Lipinski definition) is 6. The number of rotatable bonds is 8. The van der Waals surface area contributed by atoms with E-state index in [9.17, 15) is 14.9 Å². The van der Waals surface area contributed by atoms with Crippen molar-refractivity contribution in [3.63, 3.8) is 0 Å². The van der Waals surface area contributed by atoms with Crippen LogP contribution in [0.2, 0.25) is 5.02 Å². The smallest absolute Gasteiger partial charge is 0.291 e. The Morgan fingerprint density at radius 3 is 2.53 bits per heavy atom. The number of nitro benzene ring substituents is 1. The molecular weight excluding hydrogens is 460 g/mol. The van der Waals surface area contributed by atoms with Crippen LogP contribution in [0.5, 0.6) is 17.2 Å². The van der Waals surface area contributed by atoms with Gasteiger partial charge in [-0.2, -0.15) is 0 Å². The molecule has 0 fully saturated rings. The number of carbonyl (C=O) groups is 1. The highest BCUT2D eigenvalue weighted by Crippen LogP contribution is 2.30. The van der Waals surface area contributed by atoms with E-state index in [4.69, 9.17) is 25.5 Å². The van der Waals surface area contributed by atoms with E-state index in [1.54, 1.807) is 42.5 Å². The summed E-state index contributed by atoms with van der Waals surface area (Å²) in [5.74, 6) is 1.16. The highest BCUT2D eigenvalue weighted by molar-refractivity contribution is 6.30. The van der Waals surface area contributed by atoms with Gasteiger partial charge >= 0.3 is 0 Å². The molecule has 4 aromatic rings. The number of halogens is 1. The molecule has 1 amide bonds. The summed E-state index contributed by atoms with van der Waals surface area (Å²) in [5, 5.41) is 14.5. The van der Waals surface area contributed by atoms with Gasteiger partial charge in [0.15, 0.2) is 5.76 Å². The minimum Gasteiger partial charge on any atom is -0.486 e. The number of hydrogen-bond donors (Lipinski definition) is 1. The van der Waals surface area contributed by atoms with Crippen molar-refractivity contribution in [2.75, 3.05) is 5.32 Å². The summed E-state index contributed by atoms with van der Waals surface area (Å²) < 4.78 is 16.9. The first-order chi connectivity index (χ1) is 16.4. The molecule has 1 N–H and O–H groups in total. The molecule has 0 aliphatic heterocycles. The Morgan fingerprint density at radius 1 is 1.00 bits per heavy atom. The van der Waals surface area contributed by atoms with Gasteiger partial charge < -0.3 is 19.2 Å². The third kappa shape index (κ3) is 5.93. The summed E-state index contributed by atoms with van der Waals surface area (Å²) in [4.78, 5) is 23.5. The first-order valence-electron chi connectivity index (χ1n) is 10.2. The van der Waals surface area contributed by atoms with Gasteiger partial charge in [0, 0.05) is 17.2 Å². The molecule has 34 heavy (non-hydrogen) atoms. The molecule has 0 aliphatic carbocycles. The SMILES string of the molecule is Cc1ccc(Oc2cc(NC(=O)c3ccc(COc4cccc(Cl)c4)o3)cc([N+](=O)[O-])c2)cc1. The van der Waals surface area contributed by atoms with Gasteiger partial charge in [0.25, 0.3) is 11.6 Å². The zero-order valence-corrected chi connectivity index (χ0v) is 18.7. The lowest BCUT2D eigenvalue weighted by atomic mass is 10.2. The van der Waals surface area contributed by atoms with Crippen LogP contribution < -0.4 is 14.8 Å². The van der Waals surface area contributed by atoms with Crippen molar-refractivity contribution < 1.29 is 23.6 Å². The van der Waals surface area contributed by atoms with Crippen LogP contribution in [0, 0.1) is 17.0 Å². The molecule has 0 unspecified atom stereocenters. The zero-order chi connectivity index (χ0) is 24.1. The lowest BCUT2D eigenvalue weighted by Crippen LogP contribution is -2.11. The number of carbonyl (C=O) groups excluding carboxylic acids is 1. The van der Waals surface area contributed by atoms with Gasteiger partial charge in [0.1, 0.15) is 29.6 Å². The number of nitrogens with one attached hydrogen (secondary N) is 1. The van der Waals surface area contributed by atoms with Crippen molar-refractivity contribution in [3.05, 3.63) is 111 Å². The Labute approximate surface area is 199 Å². The van der Waals surface area contributed by atoms with E-state index < -0.39 is 10.8 Å². The average molecular weight is 479 g/mol. The van der Waals surface area contributed by atoms with Crippen LogP contribution in [0.1, 0.15) is 21.9 Å². The fourth-order valence-electron chi connectivity index (χ4n) is 3.04. The standard InChI is InChI=1S/C25H19ClN2O6/c1-16-5-7-20(8-6-16)33-23-13-18(12-19(14-23)28(30)31)27-25(29)24-10-9-22(34-24)15-32-21-4-2-3-17(26)11-21/h2-14H,15H2,1H3,(H,27,29). The topological polar surface area (TPSA) is 104 Å². The van der Waals surface area contributed by atoms with Crippen LogP contribution in [0.25, 0.3) is 0 Å². The van der Waals surface area contributed by atoms with Gasteiger partial charge in [0.2, 0.25) is 0 Å². The number of furan rings is 1. The number of amides is 1. The predicted octanol–water partition coefficient (Wildman–Crippen LogP) is 6.77. The second-order valence-electron chi connectivity index (χ2n) is 7.35. The molecule has 0 radical (unpaired) electrons. The van der Waals surface area contributed by atoms with Crippen LogP contribution >= 0.6 is 11.6 Å². The van der Waals surface area contributed by atoms with E-state index in [-0.39, 0.29) is 29.5 Å². The van der Waals surface area contributed by atoms with Crippen LogP contribution in [-0.2, 0) is 6.61 Å². The van der Waals surface area contributed by atoms with E-state index in [0.29, 0.717) is 22.3 Å². The summed E-state index contributed by atoms with van der Waals surface area (Å²) in [6, 6.07) is 21.3. The van der Waals surface area contributed by atoms with Crippen molar-refractivity contribution >= 4 is 28.9 Å². The largest absolute Gasteiger partial charge is 0.486 e. The number of ether oxygens (including phenoxy) is 2. The Balaban J connectivity index is 1.46. The van der Waals surface area contributed by atoms with E-state index in [1.165, 1.54) is 24.3 Å². The molecule has 172 valence electrons. The Morgan fingerprint density at radius 2 is 1.79 bits per heavy atom. The van der Waals surface area contributed by atoms with E-state index in [0.717, 1.165) is 5.56 Å².